The number of nitrogens with zero attached hydrogens (tertiary/aromatic N) is 1. The van der Waals surface area contributed by atoms with E-state index in [-0.39, 0.29) is 12.3 Å². The summed E-state index contributed by atoms with van der Waals surface area (Å²) >= 11 is 0. The Hall–Kier alpha value is -0.810. The van der Waals surface area contributed by atoms with Gasteiger partial charge in [0.2, 0.25) is 0 Å². The summed E-state index contributed by atoms with van der Waals surface area (Å²) in [6, 6.07) is -0.0196. The van der Waals surface area contributed by atoms with Crippen molar-refractivity contribution in [3.8, 4) is 0 Å². The fraction of sp³-hybridized carbons (Fsp3) is 0.900. The zero-order chi connectivity index (χ0) is 11.1. The summed E-state index contributed by atoms with van der Waals surface area (Å²) in [6.07, 6.45) is 3.07. The van der Waals surface area contributed by atoms with Gasteiger partial charge in [-0.25, -0.2) is 4.79 Å². The minimum Gasteiger partial charge on any atom is -0.354 e. The third-order valence-electron chi connectivity index (χ3n) is 2.59. The Balaban J connectivity index is 2.22. The van der Waals surface area contributed by atoms with E-state index in [1.807, 2.05) is 4.90 Å². The molecule has 0 saturated carbocycles. The van der Waals surface area contributed by atoms with Crippen molar-refractivity contribution in [2.75, 3.05) is 33.9 Å². The molecule has 0 aliphatic carbocycles. The van der Waals surface area contributed by atoms with Gasteiger partial charge in [0.05, 0.1) is 6.54 Å². The summed E-state index contributed by atoms with van der Waals surface area (Å²) in [7, 11) is 3.11. The zero-order valence-corrected chi connectivity index (χ0v) is 9.49. The molecule has 1 heterocycles. The lowest BCUT2D eigenvalue weighted by atomic mass is 10.1. The smallest absolute Gasteiger partial charge is 0.317 e. The Morgan fingerprint density at radius 2 is 1.87 bits per heavy atom. The summed E-state index contributed by atoms with van der Waals surface area (Å²) in [5.41, 5.74) is 0. The molecule has 1 saturated heterocycles. The lowest BCUT2D eigenvalue weighted by molar-refractivity contribution is -0.0975. The van der Waals surface area contributed by atoms with Crippen molar-refractivity contribution in [3.05, 3.63) is 0 Å². The van der Waals surface area contributed by atoms with Crippen LogP contribution in [0.1, 0.15) is 19.3 Å². The Morgan fingerprint density at radius 1 is 1.27 bits per heavy atom. The molecule has 88 valence electrons. The highest BCUT2D eigenvalue weighted by atomic mass is 16.7. The van der Waals surface area contributed by atoms with Crippen LogP contribution in [0.4, 0.5) is 4.79 Å². The van der Waals surface area contributed by atoms with E-state index in [4.69, 9.17) is 9.47 Å². The third kappa shape index (κ3) is 4.05. The van der Waals surface area contributed by atoms with Gasteiger partial charge in [0.1, 0.15) is 0 Å². The molecule has 2 amide bonds. The van der Waals surface area contributed by atoms with Crippen molar-refractivity contribution in [2.24, 2.45) is 0 Å². The number of carbonyl (C=O) groups excluding carboxylic acids is 1. The van der Waals surface area contributed by atoms with Crippen LogP contribution in [-0.2, 0) is 9.47 Å². The molecule has 5 heteroatoms. The average Bonchev–Trinajstić information content (AvgIpc) is 2.31. The van der Waals surface area contributed by atoms with E-state index in [1.165, 1.54) is 6.42 Å². The number of likely N-dealkylation sites (tertiary alicyclic amines) is 1. The van der Waals surface area contributed by atoms with Gasteiger partial charge in [0.25, 0.3) is 0 Å². The van der Waals surface area contributed by atoms with Crippen LogP contribution < -0.4 is 5.32 Å². The van der Waals surface area contributed by atoms with Gasteiger partial charge in [-0.1, -0.05) is 0 Å². The first-order chi connectivity index (χ1) is 7.27. The molecule has 0 aromatic carbocycles. The largest absolute Gasteiger partial charge is 0.354 e. The second-order valence-corrected chi connectivity index (χ2v) is 3.63. The van der Waals surface area contributed by atoms with Crippen LogP contribution in [0.2, 0.25) is 0 Å². The molecule has 0 radical (unpaired) electrons. The Labute approximate surface area is 90.7 Å². The number of carbonyl (C=O) groups is 1. The van der Waals surface area contributed by atoms with Crippen molar-refractivity contribution in [1.29, 1.82) is 0 Å². The van der Waals surface area contributed by atoms with E-state index in [1.54, 1.807) is 14.2 Å². The molecular weight excluding hydrogens is 196 g/mol. The van der Waals surface area contributed by atoms with E-state index in [9.17, 15) is 4.79 Å². The Bertz CT molecular complexity index is 189. The van der Waals surface area contributed by atoms with Crippen LogP contribution in [-0.4, -0.2) is 51.1 Å². The number of hydrogen-bond donors (Lipinski definition) is 1. The minimum absolute atomic E-state index is 0.0196. The monoisotopic (exact) mass is 216 g/mol. The first-order valence-electron chi connectivity index (χ1n) is 5.36. The fourth-order valence-electron chi connectivity index (χ4n) is 1.64. The predicted octanol–water partition coefficient (Wildman–Crippen LogP) is 0.801. The normalized spacial score (nSPS) is 16.9. The van der Waals surface area contributed by atoms with Crippen molar-refractivity contribution >= 4 is 6.03 Å². The zero-order valence-electron chi connectivity index (χ0n) is 9.49. The number of methoxy groups -OCH3 is 2. The van der Waals surface area contributed by atoms with E-state index < -0.39 is 0 Å². The quantitative estimate of drug-likeness (QED) is 0.707. The van der Waals surface area contributed by atoms with Gasteiger partial charge in [0.15, 0.2) is 6.29 Å². The predicted molar refractivity (Wildman–Crippen MR) is 56.6 cm³/mol. The molecule has 5 nitrogen and oxygen atoms in total. The highest BCUT2D eigenvalue weighted by Crippen LogP contribution is 2.08. The van der Waals surface area contributed by atoms with Crippen LogP contribution in [0.15, 0.2) is 0 Å². The van der Waals surface area contributed by atoms with Gasteiger partial charge >= 0.3 is 6.03 Å². The summed E-state index contributed by atoms with van der Waals surface area (Å²) in [6.45, 7) is 2.11. The standard InChI is InChI=1S/C10H20N2O3/c1-14-9(15-2)8-11-10(13)12-6-4-3-5-7-12/h9H,3-8H2,1-2H3,(H,11,13). The summed E-state index contributed by atoms with van der Waals surface area (Å²) < 4.78 is 9.96. The van der Waals surface area contributed by atoms with Gasteiger partial charge < -0.3 is 19.7 Å². The summed E-state index contributed by atoms with van der Waals surface area (Å²) in [4.78, 5) is 13.5. The molecule has 1 rings (SSSR count). The molecule has 0 atom stereocenters. The maximum absolute atomic E-state index is 11.6. The Kier molecular flexibility index (Phi) is 5.42. The van der Waals surface area contributed by atoms with Gasteiger partial charge in [0, 0.05) is 27.3 Å². The highest BCUT2D eigenvalue weighted by Gasteiger charge is 2.17. The van der Waals surface area contributed by atoms with Crippen LogP contribution in [0, 0.1) is 0 Å². The number of rotatable bonds is 4. The summed E-state index contributed by atoms with van der Waals surface area (Å²) in [5.74, 6) is 0. The van der Waals surface area contributed by atoms with Crippen molar-refractivity contribution in [3.63, 3.8) is 0 Å². The maximum atomic E-state index is 11.6. The first-order valence-corrected chi connectivity index (χ1v) is 5.36. The van der Waals surface area contributed by atoms with Crippen LogP contribution in [0.3, 0.4) is 0 Å². The van der Waals surface area contributed by atoms with Gasteiger partial charge in [-0.15, -0.1) is 0 Å². The number of amides is 2. The molecule has 1 aliphatic rings. The molecule has 0 bridgehead atoms. The van der Waals surface area contributed by atoms with Gasteiger partial charge in [-0.3, -0.25) is 0 Å². The number of ether oxygens (including phenoxy) is 2. The molecule has 15 heavy (non-hydrogen) atoms. The number of hydrogen-bond acceptors (Lipinski definition) is 3. The minimum atomic E-state index is -0.362. The molecule has 0 aromatic rings. The first kappa shape index (κ1) is 12.3. The van der Waals surface area contributed by atoms with E-state index in [2.05, 4.69) is 5.32 Å². The van der Waals surface area contributed by atoms with Crippen molar-refractivity contribution in [2.45, 2.75) is 25.6 Å². The molecule has 0 aromatic heterocycles. The number of urea groups is 1. The molecule has 1 aliphatic heterocycles. The highest BCUT2D eigenvalue weighted by molar-refractivity contribution is 5.74. The third-order valence-corrected chi connectivity index (χ3v) is 2.59. The SMILES string of the molecule is COC(CNC(=O)N1CCCCC1)OC. The number of nitrogens with one attached hydrogen (secondary N) is 1. The van der Waals surface area contributed by atoms with Gasteiger partial charge in [-0.05, 0) is 19.3 Å². The molecule has 0 unspecified atom stereocenters. The number of piperidine rings is 1. The van der Waals surface area contributed by atoms with E-state index in [0.717, 1.165) is 25.9 Å². The molecule has 0 spiro atoms. The summed E-state index contributed by atoms with van der Waals surface area (Å²) in [5, 5.41) is 2.79. The maximum Gasteiger partial charge on any atom is 0.317 e. The van der Waals surface area contributed by atoms with Crippen LogP contribution in [0.25, 0.3) is 0 Å². The lowest BCUT2D eigenvalue weighted by Gasteiger charge is -2.27. The second-order valence-electron chi connectivity index (χ2n) is 3.63. The van der Waals surface area contributed by atoms with Crippen LogP contribution in [0.5, 0.6) is 0 Å². The topological polar surface area (TPSA) is 50.8 Å². The average molecular weight is 216 g/mol. The lowest BCUT2D eigenvalue weighted by Crippen LogP contribution is -2.45. The van der Waals surface area contributed by atoms with E-state index >= 15 is 0 Å². The van der Waals surface area contributed by atoms with Crippen LogP contribution >= 0.6 is 0 Å². The molecule has 1 fully saturated rings. The van der Waals surface area contributed by atoms with E-state index in [0.29, 0.717) is 6.54 Å². The second kappa shape index (κ2) is 6.63. The Morgan fingerprint density at radius 3 is 2.40 bits per heavy atom. The van der Waals surface area contributed by atoms with Gasteiger partial charge in [-0.2, -0.15) is 0 Å². The molecular formula is C10H20N2O3. The van der Waals surface area contributed by atoms with Crippen molar-refractivity contribution in [1.82, 2.24) is 10.2 Å². The van der Waals surface area contributed by atoms with Crippen molar-refractivity contribution < 1.29 is 14.3 Å². The molecule has 1 N–H and O–H groups in total. The fourth-order valence-corrected chi connectivity index (χ4v) is 1.64.